The minimum absolute atomic E-state index is 0.718. The molecular weight excluding hydrogens is 222 g/mol. The molecule has 0 amide bonds. The van der Waals surface area contributed by atoms with E-state index in [1.165, 1.54) is 0 Å². The molecule has 0 radical (unpaired) electrons. The molecule has 0 heterocycles. The number of anilines is 3. The van der Waals surface area contributed by atoms with Crippen LogP contribution >= 0.6 is 0 Å². The van der Waals surface area contributed by atoms with Crippen molar-refractivity contribution in [1.82, 2.24) is 0 Å². The fourth-order valence-corrected chi connectivity index (χ4v) is 1.58. The topological polar surface area (TPSA) is 36.1 Å². The Labute approximate surface area is 109 Å². The van der Waals surface area contributed by atoms with Crippen molar-refractivity contribution >= 4 is 17.1 Å². The number of hydrogen-bond acceptors (Lipinski definition) is 3. The minimum atomic E-state index is 0.718. The van der Waals surface area contributed by atoms with E-state index >= 15 is 0 Å². The van der Waals surface area contributed by atoms with Crippen molar-refractivity contribution in [2.45, 2.75) is 0 Å². The zero-order valence-electron chi connectivity index (χ0n) is 10.7. The van der Waals surface area contributed by atoms with Gasteiger partial charge in [0, 0.05) is 19.6 Å². The van der Waals surface area contributed by atoms with E-state index in [4.69, 9.17) is 0 Å². The summed E-state index contributed by atoms with van der Waals surface area (Å²) in [6.07, 6.45) is 5.50. The van der Waals surface area contributed by atoms with Gasteiger partial charge in [-0.3, -0.25) is 0 Å². The van der Waals surface area contributed by atoms with Crippen molar-refractivity contribution in [2.24, 2.45) is 0 Å². The zero-order chi connectivity index (χ0) is 13.2. The summed E-state index contributed by atoms with van der Waals surface area (Å²) in [5.41, 5.74) is 3.14. The SMILES string of the molecule is C=CCNc1cccc(NCC=C)c1NCC=C. The Morgan fingerprint density at radius 1 is 0.778 bits per heavy atom. The number of para-hydroxylation sites is 1. The smallest absolute Gasteiger partial charge is 0.0814 e. The number of nitrogens with one attached hydrogen (secondary N) is 3. The maximum absolute atomic E-state index is 3.72. The molecule has 0 saturated heterocycles. The molecule has 0 saturated carbocycles. The van der Waals surface area contributed by atoms with Crippen molar-refractivity contribution in [3.8, 4) is 0 Å². The minimum Gasteiger partial charge on any atom is -0.380 e. The van der Waals surface area contributed by atoms with Gasteiger partial charge >= 0.3 is 0 Å². The van der Waals surface area contributed by atoms with Crippen LogP contribution in [0.2, 0.25) is 0 Å². The summed E-state index contributed by atoms with van der Waals surface area (Å²) >= 11 is 0. The molecule has 3 heteroatoms. The molecule has 0 aromatic heterocycles. The quantitative estimate of drug-likeness (QED) is 0.581. The standard InChI is InChI=1S/C15H21N3/c1-4-10-16-13-8-7-9-14(17-11-5-2)15(13)18-12-6-3/h4-9,16-18H,1-3,10-12H2. The lowest BCUT2D eigenvalue weighted by Crippen LogP contribution is -2.09. The highest BCUT2D eigenvalue weighted by Gasteiger charge is 2.06. The summed E-state index contributed by atoms with van der Waals surface area (Å²) in [7, 11) is 0. The Kier molecular flexibility index (Phi) is 6.19. The van der Waals surface area contributed by atoms with Crippen LogP contribution in [-0.4, -0.2) is 19.6 Å². The summed E-state index contributed by atoms with van der Waals surface area (Å²) in [5, 5.41) is 9.95. The van der Waals surface area contributed by atoms with E-state index in [1.54, 1.807) is 0 Å². The van der Waals surface area contributed by atoms with Gasteiger partial charge in [0.1, 0.15) is 0 Å². The van der Waals surface area contributed by atoms with Crippen LogP contribution in [0.4, 0.5) is 17.1 Å². The normalized spacial score (nSPS) is 9.33. The average Bonchev–Trinajstić information content (AvgIpc) is 2.41. The molecule has 0 spiro atoms. The summed E-state index contributed by atoms with van der Waals surface area (Å²) in [6, 6.07) is 6.08. The molecule has 0 fully saturated rings. The van der Waals surface area contributed by atoms with Crippen molar-refractivity contribution < 1.29 is 0 Å². The van der Waals surface area contributed by atoms with Crippen LogP contribution in [0, 0.1) is 0 Å². The van der Waals surface area contributed by atoms with Crippen molar-refractivity contribution in [3.63, 3.8) is 0 Å². The highest BCUT2D eigenvalue weighted by Crippen LogP contribution is 2.30. The van der Waals surface area contributed by atoms with Crippen LogP contribution in [-0.2, 0) is 0 Å². The molecule has 0 atom stereocenters. The first-order chi connectivity index (χ1) is 8.83. The lowest BCUT2D eigenvalue weighted by molar-refractivity contribution is 1.27. The first-order valence-electron chi connectivity index (χ1n) is 6.00. The maximum atomic E-state index is 3.72. The molecule has 0 bridgehead atoms. The molecule has 0 aliphatic carbocycles. The Hall–Kier alpha value is -2.16. The zero-order valence-corrected chi connectivity index (χ0v) is 10.7. The summed E-state index contributed by atoms with van der Waals surface area (Å²) < 4.78 is 0. The number of benzene rings is 1. The van der Waals surface area contributed by atoms with Gasteiger partial charge in [0.05, 0.1) is 17.1 Å². The molecule has 18 heavy (non-hydrogen) atoms. The van der Waals surface area contributed by atoms with Crippen LogP contribution in [0.25, 0.3) is 0 Å². The van der Waals surface area contributed by atoms with Crippen LogP contribution in [0.3, 0.4) is 0 Å². The third kappa shape index (κ3) is 4.01. The molecule has 0 aliphatic heterocycles. The third-order valence-corrected chi connectivity index (χ3v) is 2.36. The van der Waals surface area contributed by atoms with Gasteiger partial charge in [0.2, 0.25) is 0 Å². The maximum Gasteiger partial charge on any atom is 0.0814 e. The average molecular weight is 243 g/mol. The molecule has 0 aliphatic rings. The van der Waals surface area contributed by atoms with Crippen LogP contribution in [0.15, 0.2) is 56.2 Å². The highest BCUT2D eigenvalue weighted by atomic mass is 15.0. The molecular formula is C15H21N3. The second kappa shape index (κ2) is 8.01. The Balaban J connectivity index is 2.94. The van der Waals surface area contributed by atoms with E-state index in [0.717, 1.165) is 36.7 Å². The van der Waals surface area contributed by atoms with Crippen LogP contribution in [0.5, 0.6) is 0 Å². The monoisotopic (exact) mass is 243 g/mol. The van der Waals surface area contributed by atoms with Gasteiger partial charge in [-0.15, -0.1) is 19.7 Å². The van der Waals surface area contributed by atoms with E-state index in [-0.39, 0.29) is 0 Å². The molecule has 1 aromatic rings. The largest absolute Gasteiger partial charge is 0.380 e. The van der Waals surface area contributed by atoms with E-state index in [1.807, 2.05) is 36.4 Å². The molecule has 1 rings (SSSR count). The summed E-state index contributed by atoms with van der Waals surface area (Å²) in [4.78, 5) is 0. The molecule has 1 aromatic carbocycles. The van der Waals surface area contributed by atoms with Crippen LogP contribution in [0.1, 0.15) is 0 Å². The molecule has 0 unspecified atom stereocenters. The van der Waals surface area contributed by atoms with E-state index in [9.17, 15) is 0 Å². The molecule has 3 nitrogen and oxygen atoms in total. The van der Waals surface area contributed by atoms with E-state index in [0.29, 0.717) is 0 Å². The fraction of sp³-hybridized carbons (Fsp3) is 0.200. The van der Waals surface area contributed by atoms with Gasteiger partial charge in [-0.25, -0.2) is 0 Å². The number of hydrogen-bond donors (Lipinski definition) is 3. The van der Waals surface area contributed by atoms with Crippen LogP contribution < -0.4 is 16.0 Å². The van der Waals surface area contributed by atoms with Gasteiger partial charge in [0.25, 0.3) is 0 Å². The third-order valence-electron chi connectivity index (χ3n) is 2.36. The fourth-order valence-electron chi connectivity index (χ4n) is 1.58. The van der Waals surface area contributed by atoms with Gasteiger partial charge in [-0.2, -0.15) is 0 Å². The lowest BCUT2D eigenvalue weighted by atomic mass is 10.2. The highest BCUT2D eigenvalue weighted by molar-refractivity contribution is 5.82. The first kappa shape index (κ1) is 13.9. The van der Waals surface area contributed by atoms with Crippen molar-refractivity contribution in [1.29, 1.82) is 0 Å². The Morgan fingerprint density at radius 3 is 1.67 bits per heavy atom. The van der Waals surface area contributed by atoms with Crippen molar-refractivity contribution in [3.05, 3.63) is 56.2 Å². The summed E-state index contributed by atoms with van der Waals surface area (Å²) in [5.74, 6) is 0. The second-order valence-corrected chi connectivity index (χ2v) is 3.74. The Bertz CT molecular complexity index is 380. The molecule has 3 N–H and O–H groups in total. The van der Waals surface area contributed by atoms with Crippen molar-refractivity contribution in [2.75, 3.05) is 35.6 Å². The predicted molar refractivity (Wildman–Crippen MR) is 82.5 cm³/mol. The van der Waals surface area contributed by atoms with E-state index < -0.39 is 0 Å². The lowest BCUT2D eigenvalue weighted by Gasteiger charge is -2.17. The predicted octanol–water partition coefficient (Wildman–Crippen LogP) is 3.48. The molecule has 96 valence electrons. The van der Waals surface area contributed by atoms with Gasteiger partial charge in [-0.05, 0) is 12.1 Å². The Morgan fingerprint density at radius 2 is 1.22 bits per heavy atom. The van der Waals surface area contributed by atoms with Gasteiger partial charge < -0.3 is 16.0 Å². The summed E-state index contributed by atoms with van der Waals surface area (Å²) in [6.45, 7) is 13.3. The number of rotatable bonds is 9. The van der Waals surface area contributed by atoms with Gasteiger partial charge in [-0.1, -0.05) is 24.3 Å². The second-order valence-electron chi connectivity index (χ2n) is 3.74. The van der Waals surface area contributed by atoms with Gasteiger partial charge in [0.15, 0.2) is 0 Å². The van der Waals surface area contributed by atoms with E-state index in [2.05, 4.69) is 35.7 Å². The first-order valence-corrected chi connectivity index (χ1v) is 6.00.